The van der Waals surface area contributed by atoms with E-state index < -0.39 is 5.97 Å². The molecular formula is C16H11Br2NO4. The molecule has 23 heavy (non-hydrogen) atoms. The molecule has 5 nitrogen and oxygen atoms in total. The van der Waals surface area contributed by atoms with Gasteiger partial charge in [0.1, 0.15) is 5.75 Å². The lowest BCUT2D eigenvalue weighted by Gasteiger charge is -2.09. The van der Waals surface area contributed by atoms with Gasteiger partial charge in [0, 0.05) is 0 Å². The van der Waals surface area contributed by atoms with E-state index >= 15 is 0 Å². The zero-order chi connectivity index (χ0) is 16.4. The van der Waals surface area contributed by atoms with Crippen LogP contribution in [0.15, 0.2) is 54.6 Å². The van der Waals surface area contributed by atoms with E-state index in [4.69, 9.17) is 13.9 Å². The molecule has 0 radical (unpaired) electrons. The van der Waals surface area contributed by atoms with Crippen LogP contribution in [0.1, 0.15) is 18.2 Å². The van der Waals surface area contributed by atoms with Crippen molar-refractivity contribution in [3.63, 3.8) is 0 Å². The van der Waals surface area contributed by atoms with E-state index in [1.807, 2.05) is 19.1 Å². The van der Waals surface area contributed by atoms with E-state index in [-0.39, 0.29) is 11.6 Å². The fourth-order valence-corrected chi connectivity index (χ4v) is 3.47. The van der Waals surface area contributed by atoms with E-state index in [9.17, 15) is 4.79 Å². The van der Waals surface area contributed by atoms with Gasteiger partial charge in [-0.2, -0.15) is 0 Å². The van der Waals surface area contributed by atoms with Crippen molar-refractivity contribution < 1.29 is 18.7 Å². The Hall–Kier alpha value is -1.86. The highest BCUT2D eigenvalue weighted by molar-refractivity contribution is 9.11. The third-order valence-electron chi connectivity index (χ3n) is 2.97. The Morgan fingerprint density at radius 3 is 2.65 bits per heavy atom. The number of aliphatic imine (C=N–C) groups is 1. The summed E-state index contributed by atoms with van der Waals surface area (Å²) in [4.78, 5) is 16.1. The molecule has 0 fully saturated rings. The molecule has 0 amide bonds. The molecule has 0 N–H and O–H groups in total. The molecular weight excluding hydrogens is 430 g/mol. The van der Waals surface area contributed by atoms with Gasteiger partial charge in [0.2, 0.25) is 0 Å². The number of hydrogen-bond acceptors (Lipinski definition) is 5. The number of halogens is 2. The Balaban J connectivity index is 1.94. The number of benzene rings is 1. The number of carbonyl (C=O) groups is 1. The van der Waals surface area contributed by atoms with Crippen molar-refractivity contribution in [2.24, 2.45) is 4.99 Å². The molecule has 0 aliphatic carbocycles. The maximum atomic E-state index is 11.9. The van der Waals surface area contributed by atoms with Crippen LogP contribution in [0.25, 0.3) is 6.08 Å². The molecule has 1 aromatic heterocycles. The zero-order valence-electron chi connectivity index (χ0n) is 12.0. The zero-order valence-corrected chi connectivity index (χ0v) is 15.2. The number of furan rings is 1. The molecule has 0 bridgehead atoms. The van der Waals surface area contributed by atoms with Gasteiger partial charge < -0.3 is 13.9 Å². The number of hydrogen-bond donors (Lipinski definition) is 0. The number of rotatable bonds is 4. The molecule has 2 aromatic rings. The van der Waals surface area contributed by atoms with Crippen LogP contribution in [0, 0.1) is 0 Å². The number of cyclic esters (lactones) is 1. The maximum Gasteiger partial charge on any atom is 0.363 e. The first-order valence-electron chi connectivity index (χ1n) is 6.76. The Morgan fingerprint density at radius 2 is 2.04 bits per heavy atom. The van der Waals surface area contributed by atoms with Crippen LogP contribution in [0.2, 0.25) is 0 Å². The van der Waals surface area contributed by atoms with E-state index in [1.165, 1.54) is 6.26 Å². The van der Waals surface area contributed by atoms with Crippen LogP contribution < -0.4 is 4.74 Å². The molecule has 3 rings (SSSR count). The molecule has 1 aliphatic heterocycles. The van der Waals surface area contributed by atoms with Gasteiger partial charge in [-0.25, -0.2) is 9.79 Å². The lowest BCUT2D eigenvalue weighted by atomic mass is 10.2. The summed E-state index contributed by atoms with van der Waals surface area (Å²) in [7, 11) is 0. The summed E-state index contributed by atoms with van der Waals surface area (Å²) in [5.74, 6) is 0.770. The molecule has 2 heterocycles. The van der Waals surface area contributed by atoms with Gasteiger partial charge >= 0.3 is 5.97 Å². The first-order chi connectivity index (χ1) is 11.1. The SMILES string of the molecule is CCOc1c(Br)cc(C=C2N=C(c3ccco3)OC2=O)cc1Br. The fourth-order valence-electron chi connectivity index (χ4n) is 2.02. The second-order valence-electron chi connectivity index (χ2n) is 4.56. The Bertz CT molecular complexity index is 786. The first-order valence-corrected chi connectivity index (χ1v) is 8.35. The lowest BCUT2D eigenvalue weighted by molar-refractivity contribution is -0.130. The Labute approximate surface area is 149 Å². The van der Waals surface area contributed by atoms with Crippen molar-refractivity contribution in [3.8, 4) is 5.75 Å². The van der Waals surface area contributed by atoms with Crippen molar-refractivity contribution in [1.82, 2.24) is 0 Å². The average Bonchev–Trinajstić information content (AvgIpc) is 3.13. The second kappa shape index (κ2) is 6.72. The predicted octanol–water partition coefficient (Wildman–Crippen LogP) is 4.55. The second-order valence-corrected chi connectivity index (χ2v) is 6.27. The van der Waals surface area contributed by atoms with Crippen molar-refractivity contribution in [1.29, 1.82) is 0 Å². The molecule has 0 spiro atoms. The van der Waals surface area contributed by atoms with Gasteiger partial charge in [-0.15, -0.1) is 0 Å². The van der Waals surface area contributed by atoms with Crippen molar-refractivity contribution in [2.75, 3.05) is 6.61 Å². The Morgan fingerprint density at radius 1 is 1.30 bits per heavy atom. The van der Waals surface area contributed by atoms with Crippen LogP contribution in [0.4, 0.5) is 0 Å². The highest BCUT2D eigenvalue weighted by Crippen LogP contribution is 2.35. The topological polar surface area (TPSA) is 61.0 Å². The average molecular weight is 441 g/mol. The van der Waals surface area contributed by atoms with E-state index in [0.29, 0.717) is 18.1 Å². The highest BCUT2D eigenvalue weighted by Gasteiger charge is 2.25. The van der Waals surface area contributed by atoms with Crippen molar-refractivity contribution >= 4 is 49.8 Å². The van der Waals surface area contributed by atoms with Crippen molar-refractivity contribution in [3.05, 3.63) is 56.5 Å². The van der Waals surface area contributed by atoms with E-state index in [2.05, 4.69) is 36.9 Å². The van der Waals surface area contributed by atoms with Crippen LogP contribution in [0.5, 0.6) is 5.75 Å². The van der Waals surface area contributed by atoms with Crippen LogP contribution in [0.3, 0.4) is 0 Å². The minimum atomic E-state index is -0.516. The maximum absolute atomic E-state index is 11.9. The minimum Gasteiger partial charge on any atom is -0.492 e. The quantitative estimate of drug-likeness (QED) is 0.516. The number of carbonyl (C=O) groups excluding carboxylic acids is 1. The monoisotopic (exact) mass is 439 g/mol. The molecule has 0 unspecified atom stereocenters. The molecule has 1 aliphatic rings. The smallest absolute Gasteiger partial charge is 0.363 e. The fraction of sp³-hybridized carbons (Fsp3) is 0.125. The molecule has 0 saturated carbocycles. The number of ether oxygens (including phenoxy) is 2. The standard InChI is InChI=1S/C16H11Br2NO4/c1-2-21-14-10(17)6-9(7-11(14)18)8-12-16(20)23-15(19-12)13-4-3-5-22-13/h3-8H,2H2,1H3. The van der Waals surface area contributed by atoms with Crippen LogP contribution >= 0.6 is 31.9 Å². The predicted molar refractivity (Wildman–Crippen MR) is 92.3 cm³/mol. The highest BCUT2D eigenvalue weighted by atomic mass is 79.9. The van der Waals surface area contributed by atoms with E-state index in [0.717, 1.165) is 14.5 Å². The molecule has 118 valence electrons. The summed E-state index contributed by atoms with van der Waals surface area (Å²) in [6.07, 6.45) is 3.14. The summed E-state index contributed by atoms with van der Waals surface area (Å²) >= 11 is 6.91. The van der Waals surface area contributed by atoms with Gasteiger partial charge in [0.15, 0.2) is 11.5 Å². The van der Waals surface area contributed by atoms with Crippen molar-refractivity contribution in [2.45, 2.75) is 6.92 Å². The first kappa shape index (κ1) is 16.0. The molecule has 7 heteroatoms. The summed E-state index contributed by atoms with van der Waals surface area (Å²) in [5, 5.41) is 0. The molecule has 0 atom stereocenters. The lowest BCUT2D eigenvalue weighted by Crippen LogP contribution is -2.04. The summed E-state index contributed by atoms with van der Waals surface area (Å²) < 4.78 is 17.4. The number of nitrogens with zero attached hydrogens (tertiary/aromatic N) is 1. The van der Waals surface area contributed by atoms with Gasteiger partial charge in [-0.05, 0) is 74.7 Å². The van der Waals surface area contributed by atoms with Crippen LogP contribution in [-0.2, 0) is 9.53 Å². The summed E-state index contributed by atoms with van der Waals surface area (Å²) in [5.41, 5.74) is 0.989. The van der Waals surface area contributed by atoms with Gasteiger partial charge in [-0.1, -0.05) is 0 Å². The van der Waals surface area contributed by atoms with E-state index in [1.54, 1.807) is 18.2 Å². The van der Waals surface area contributed by atoms with Crippen LogP contribution in [-0.4, -0.2) is 18.5 Å². The molecule has 1 aromatic carbocycles. The number of esters is 1. The summed E-state index contributed by atoms with van der Waals surface area (Å²) in [6.45, 7) is 2.47. The van der Waals surface area contributed by atoms with Gasteiger partial charge in [-0.3, -0.25) is 0 Å². The largest absolute Gasteiger partial charge is 0.492 e. The third-order valence-corrected chi connectivity index (χ3v) is 4.14. The van der Waals surface area contributed by atoms with Gasteiger partial charge in [0.05, 0.1) is 21.8 Å². The Kier molecular flexibility index (Phi) is 4.68. The normalized spacial score (nSPS) is 15.7. The minimum absolute atomic E-state index is 0.162. The third kappa shape index (κ3) is 3.40. The molecule has 0 saturated heterocycles. The summed E-state index contributed by atoms with van der Waals surface area (Å²) in [6, 6.07) is 7.07. The van der Waals surface area contributed by atoms with Gasteiger partial charge in [0.25, 0.3) is 5.90 Å².